The molecule has 6 heteroatoms. The molecule has 0 aliphatic rings. The number of hydrogen-bond acceptors (Lipinski definition) is 3. The fourth-order valence-corrected chi connectivity index (χ4v) is 1.08. The minimum Gasteiger partial charge on any atom is -0.227 e. The molecule has 0 N–H and O–H groups in total. The van der Waals surface area contributed by atoms with E-state index in [0.29, 0.717) is 6.20 Å². The van der Waals surface area contributed by atoms with Crippen LogP contribution in [0.3, 0.4) is 0 Å². The Labute approximate surface area is 83.4 Å². The molecule has 1 aromatic rings. The van der Waals surface area contributed by atoms with E-state index < -0.39 is 29.9 Å². The third kappa shape index (κ3) is 2.05. The Hall–Kier alpha value is -2.08. The highest BCUT2D eigenvalue weighted by Gasteiger charge is 2.20. The summed E-state index contributed by atoms with van der Waals surface area (Å²) in [5.74, 6) is -1.06. The second kappa shape index (κ2) is 4.43. The van der Waals surface area contributed by atoms with Crippen LogP contribution in [-0.4, -0.2) is 4.98 Å². The van der Waals surface area contributed by atoms with Gasteiger partial charge in [-0.1, -0.05) is 0 Å². The molecule has 1 heterocycles. The molecule has 0 unspecified atom stereocenters. The van der Waals surface area contributed by atoms with Gasteiger partial charge in [0.25, 0.3) is 6.43 Å². The number of hydrogen-bond donors (Lipinski definition) is 0. The molecule has 0 fully saturated rings. The Kier molecular flexibility index (Phi) is 3.25. The van der Waals surface area contributed by atoms with Gasteiger partial charge in [0.1, 0.15) is 6.07 Å². The van der Waals surface area contributed by atoms with E-state index in [2.05, 4.69) is 4.98 Å². The first kappa shape index (κ1) is 11.0. The number of alkyl halides is 2. The van der Waals surface area contributed by atoms with Crippen LogP contribution >= 0.6 is 0 Å². The lowest BCUT2D eigenvalue weighted by Crippen LogP contribution is -2.03. The molecule has 0 atom stereocenters. The summed E-state index contributed by atoms with van der Waals surface area (Å²) in [5, 5.41) is 17.0. The van der Waals surface area contributed by atoms with Gasteiger partial charge in [0.2, 0.25) is 5.95 Å². The van der Waals surface area contributed by atoms with Crippen LogP contribution in [0, 0.1) is 28.6 Å². The molecule has 0 aliphatic carbocycles. The van der Waals surface area contributed by atoms with E-state index >= 15 is 0 Å². The summed E-state index contributed by atoms with van der Waals surface area (Å²) in [6.07, 6.45) is -2.76. The van der Waals surface area contributed by atoms with Crippen molar-refractivity contribution in [1.29, 1.82) is 10.5 Å². The highest BCUT2D eigenvalue weighted by atomic mass is 19.3. The molecule has 1 rings (SSSR count). The van der Waals surface area contributed by atoms with Gasteiger partial charge in [0.15, 0.2) is 0 Å². The third-order valence-corrected chi connectivity index (χ3v) is 1.76. The van der Waals surface area contributed by atoms with Gasteiger partial charge in [0, 0.05) is 11.8 Å². The van der Waals surface area contributed by atoms with Crippen LogP contribution in [0.5, 0.6) is 0 Å². The topological polar surface area (TPSA) is 60.5 Å². The number of nitrogens with zero attached hydrogens (tertiary/aromatic N) is 3. The maximum absolute atomic E-state index is 13.0. The molecule has 1 aromatic heterocycles. The van der Waals surface area contributed by atoms with Crippen molar-refractivity contribution in [3.8, 4) is 12.1 Å². The summed E-state index contributed by atoms with van der Waals surface area (Å²) in [4.78, 5) is 3.08. The van der Waals surface area contributed by atoms with Gasteiger partial charge in [-0.05, 0) is 0 Å². The van der Waals surface area contributed by atoms with Gasteiger partial charge in [-0.3, -0.25) is 0 Å². The van der Waals surface area contributed by atoms with Crippen LogP contribution in [-0.2, 0) is 6.42 Å². The number of nitriles is 2. The van der Waals surface area contributed by atoms with Gasteiger partial charge in [-0.15, -0.1) is 0 Å². The third-order valence-electron chi connectivity index (χ3n) is 1.76. The normalized spacial score (nSPS) is 9.73. The molecule has 0 saturated carbocycles. The summed E-state index contributed by atoms with van der Waals surface area (Å²) >= 11 is 0. The SMILES string of the molecule is N#CCc1c(F)ncc(C(F)F)c1C#N. The summed E-state index contributed by atoms with van der Waals surface area (Å²) < 4.78 is 37.7. The molecule has 0 aromatic carbocycles. The monoisotopic (exact) mass is 211 g/mol. The lowest BCUT2D eigenvalue weighted by Gasteiger charge is -2.06. The van der Waals surface area contributed by atoms with Crippen LogP contribution in [0.25, 0.3) is 0 Å². The van der Waals surface area contributed by atoms with Crippen LogP contribution in [0.4, 0.5) is 13.2 Å². The Bertz CT molecular complexity index is 457. The van der Waals surface area contributed by atoms with Crippen molar-refractivity contribution >= 4 is 0 Å². The van der Waals surface area contributed by atoms with E-state index in [1.54, 1.807) is 6.07 Å². The first-order valence-corrected chi connectivity index (χ1v) is 3.84. The van der Waals surface area contributed by atoms with Gasteiger partial charge in [0.05, 0.1) is 23.6 Å². The quantitative estimate of drug-likeness (QED) is 0.703. The minimum atomic E-state index is -2.91. The van der Waals surface area contributed by atoms with Crippen molar-refractivity contribution in [3.63, 3.8) is 0 Å². The smallest absolute Gasteiger partial charge is 0.227 e. The minimum absolute atomic E-state index is 0.377. The van der Waals surface area contributed by atoms with E-state index in [1.165, 1.54) is 6.07 Å². The van der Waals surface area contributed by atoms with Crippen LogP contribution < -0.4 is 0 Å². The molecule has 76 valence electrons. The van der Waals surface area contributed by atoms with Crippen molar-refractivity contribution in [3.05, 3.63) is 28.8 Å². The highest BCUT2D eigenvalue weighted by molar-refractivity contribution is 5.44. The van der Waals surface area contributed by atoms with Crippen molar-refractivity contribution in [2.45, 2.75) is 12.8 Å². The predicted molar refractivity (Wildman–Crippen MR) is 43.2 cm³/mol. The molecule has 0 amide bonds. The van der Waals surface area contributed by atoms with Crippen molar-refractivity contribution in [1.82, 2.24) is 4.98 Å². The first-order chi connectivity index (χ1) is 7.11. The summed E-state index contributed by atoms with van der Waals surface area (Å²) in [5.41, 5.74) is -1.53. The zero-order valence-electron chi connectivity index (χ0n) is 7.34. The summed E-state index contributed by atoms with van der Waals surface area (Å²) in [6, 6.07) is 3.05. The fraction of sp³-hybridized carbons (Fsp3) is 0.222. The molecule has 0 saturated heterocycles. The van der Waals surface area contributed by atoms with E-state index in [1.807, 2.05) is 0 Å². The molecule has 0 radical (unpaired) electrons. The number of aromatic nitrogens is 1. The summed E-state index contributed by atoms with van der Waals surface area (Å²) in [6.45, 7) is 0. The molecular weight excluding hydrogens is 207 g/mol. The lowest BCUT2D eigenvalue weighted by molar-refractivity contribution is 0.150. The maximum atomic E-state index is 13.0. The Morgan fingerprint density at radius 2 is 2.07 bits per heavy atom. The summed E-state index contributed by atoms with van der Waals surface area (Å²) in [7, 11) is 0. The second-order valence-corrected chi connectivity index (χ2v) is 2.61. The van der Waals surface area contributed by atoms with E-state index in [0.717, 1.165) is 0 Å². The Morgan fingerprint density at radius 1 is 1.40 bits per heavy atom. The highest BCUT2D eigenvalue weighted by Crippen LogP contribution is 2.25. The van der Waals surface area contributed by atoms with E-state index in [-0.39, 0.29) is 5.56 Å². The average Bonchev–Trinajstić information content (AvgIpc) is 2.20. The standard InChI is InChI=1S/C9H4F3N3/c10-8(11)7-4-15-9(12)5(1-2-13)6(7)3-14/h4,8H,1H2. The molecule has 15 heavy (non-hydrogen) atoms. The number of pyridine rings is 1. The first-order valence-electron chi connectivity index (χ1n) is 3.84. The van der Waals surface area contributed by atoms with Gasteiger partial charge >= 0.3 is 0 Å². The zero-order valence-corrected chi connectivity index (χ0v) is 7.34. The molecule has 3 nitrogen and oxygen atoms in total. The molecular formula is C9H4F3N3. The van der Waals surface area contributed by atoms with Gasteiger partial charge in [-0.25, -0.2) is 13.8 Å². The van der Waals surface area contributed by atoms with Crippen LogP contribution in [0.2, 0.25) is 0 Å². The Morgan fingerprint density at radius 3 is 2.53 bits per heavy atom. The van der Waals surface area contributed by atoms with E-state index in [9.17, 15) is 13.2 Å². The Balaban J connectivity index is 3.43. The molecule has 0 spiro atoms. The van der Waals surface area contributed by atoms with Crippen LogP contribution in [0.1, 0.15) is 23.1 Å². The van der Waals surface area contributed by atoms with Gasteiger partial charge < -0.3 is 0 Å². The van der Waals surface area contributed by atoms with Crippen LogP contribution in [0.15, 0.2) is 6.20 Å². The maximum Gasteiger partial charge on any atom is 0.266 e. The largest absolute Gasteiger partial charge is 0.266 e. The fourth-order valence-electron chi connectivity index (χ4n) is 1.08. The predicted octanol–water partition coefficient (Wildman–Crippen LogP) is 2.10. The average molecular weight is 211 g/mol. The second-order valence-electron chi connectivity index (χ2n) is 2.61. The van der Waals surface area contributed by atoms with Crippen molar-refractivity contribution < 1.29 is 13.2 Å². The lowest BCUT2D eigenvalue weighted by atomic mass is 10.0. The van der Waals surface area contributed by atoms with E-state index in [4.69, 9.17) is 10.5 Å². The van der Waals surface area contributed by atoms with Crippen molar-refractivity contribution in [2.75, 3.05) is 0 Å². The zero-order chi connectivity index (χ0) is 11.4. The number of rotatable bonds is 2. The number of halogens is 3. The van der Waals surface area contributed by atoms with Crippen molar-refractivity contribution in [2.24, 2.45) is 0 Å². The molecule has 0 bridgehead atoms. The van der Waals surface area contributed by atoms with Gasteiger partial charge in [-0.2, -0.15) is 14.9 Å². The molecule has 0 aliphatic heterocycles.